The molecule has 2 atom stereocenters. The van der Waals surface area contributed by atoms with Crippen molar-refractivity contribution in [3.8, 4) is 0 Å². The van der Waals surface area contributed by atoms with E-state index in [0.717, 1.165) is 37.7 Å². The molecule has 0 amide bonds. The van der Waals surface area contributed by atoms with Crippen molar-refractivity contribution < 1.29 is 4.74 Å². The summed E-state index contributed by atoms with van der Waals surface area (Å²) < 4.78 is 5.78. The summed E-state index contributed by atoms with van der Waals surface area (Å²) in [6.45, 7) is 3.85. The van der Waals surface area contributed by atoms with Crippen molar-refractivity contribution in [2.45, 2.75) is 31.3 Å². The van der Waals surface area contributed by atoms with Gasteiger partial charge in [0.05, 0.1) is 13.2 Å². The molecule has 1 aromatic heterocycles. The molecule has 2 fully saturated rings. The van der Waals surface area contributed by atoms with E-state index < -0.39 is 0 Å². The summed E-state index contributed by atoms with van der Waals surface area (Å²) in [5.41, 5.74) is 2.62. The maximum absolute atomic E-state index is 6.00. The molecule has 2 aromatic rings. The lowest BCUT2D eigenvalue weighted by atomic mass is 9.93. The smallest absolute Gasteiger partial charge is 0.0623 e. The van der Waals surface area contributed by atoms with Crippen LogP contribution in [0.3, 0.4) is 0 Å². The molecule has 2 saturated heterocycles. The van der Waals surface area contributed by atoms with Crippen LogP contribution in [0.25, 0.3) is 0 Å². The van der Waals surface area contributed by atoms with Crippen LogP contribution >= 0.6 is 11.6 Å². The van der Waals surface area contributed by atoms with E-state index in [-0.39, 0.29) is 0 Å². The van der Waals surface area contributed by atoms with Gasteiger partial charge in [-0.25, -0.2) is 0 Å². The molecule has 0 saturated carbocycles. The van der Waals surface area contributed by atoms with E-state index in [2.05, 4.69) is 39.5 Å². The van der Waals surface area contributed by atoms with Crippen molar-refractivity contribution in [2.75, 3.05) is 31.2 Å². The third-order valence-corrected chi connectivity index (χ3v) is 5.83. The Morgan fingerprint density at radius 1 is 1.04 bits per heavy atom. The van der Waals surface area contributed by atoms with Gasteiger partial charge in [-0.05, 0) is 61.2 Å². The molecule has 3 heterocycles. The Bertz CT molecular complexity index is 686. The van der Waals surface area contributed by atoms with Gasteiger partial charge in [0.1, 0.15) is 0 Å². The van der Waals surface area contributed by atoms with Gasteiger partial charge < -0.3 is 15.0 Å². The highest BCUT2D eigenvalue weighted by atomic mass is 35.5. The average molecular weight is 372 g/mol. The summed E-state index contributed by atoms with van der Waals surface area (Å²) in [4.78, 5) is 6.56. The maximum Gasteiger partial charge on any atom is 0.0623 e. The Kier molecular flexibility index (Phi) is 5.73. The average Bonchev–Trinajstić information content (AvgIpc) is 3.11. The quantitative estimate of drug-likeness (QED) is 0.872. The number of halogens is 1. The Hall–Kier alpha value is -1.62. The SMILES string of the molecule is Clc1ccc(N2CCC(N[C@H]3COC[C@H]3Cc3ccncc3)CC2)cc1. The van der Waals surface area contributed by atoms with Crippen LogP contribution in [0, 0.1) is 5.92 Å². The summed E-state index contributed by atoms with van der Waals surface area (Å²) in [6.07, 6.45) is 7.14. The van der Waals surface area contributed by atoms with Crippen LogP contribution in [0.4, 0.5) is 5.69 Å². The molecule has 4 nitrogen and oxygen atoms in total. The zero-order chi connectivity index (χ0) is 17.8. The highest BCUT2D eigenvalue weighted by Crippen LogP contribution is 2.24. The van der Waals surface area contributed by atoms with Crippen molar-refractivity contribution in [3.63, 3.8) is 0 Å². The van der Waals surface area contributed by atoms with E-state index in [9.17, 15) is 0 Å². The minimum absolute atomic E-state index is 0.454. The van der Waals surface area contributed by atoms with Gasteiger partial charge in [0.15, 0.2) is 0 Å². The fourth-order valence-electron chi connectivity index (χ4n) is 4.06. The second kappa shape index (κ2) is 8.38. The standard InChI is InChI=1S/C21H26ClN3O/c22-18-1-3-20(4-2-18)25-11-7-19(8-12-25)24-21-15-26-14-17(21)13-16-5-9-23-10-6-16/h1-6,9-10,17,19,21,24H,7-8,11-15H2/t17-,21+/m1/s1. The normalized spacial score (nSPS) is 24.1. The monoisotopic (exact) mass is 371 g/mol. The second-order valence-electron chi connectivity index (χ2n) is 7.37. The predicted molar refractivity (Wildman–Crippen MR) is 106 cm³/mol. The molecule has 26 heavy (non-hydrogen) atoms. The number of hydrogen-bond acceptors (Lipinski definition) is 4. The van der Waals surface area contributed by atoms with Crippen molar-refractivity contribution in [1.82, 2.24) is 10.3 Å². The van der Waals surface area contributed by atoms with Gasteiger partial charge in [-0.15, -0.1) is 0 Å². The Balaban J connectivity index is 1.29. The fraction of sp³-hybridized carbons (Fsp3) is 0.476. The summed E-state index contributed by atoms with van der Waals surface area (Å²) in [6, 6.07) is 13.4. The van der Waals surface area contributed by atoms with Gasteiger partial charge in [0, 0.05) is 54.2 Å². The highest BCUT2D eigenvalue weighted by molar-refractivity contribution is 6.30. The number of rotatable bonds is 5. The highest BCUT2D eigenvalue weighted by Gasteiger charge is 2.31. The van der Waals surface area contributed by atoms with Gasteiger partial charge >= 0.3 is 0 Å². The molecule has 2 aliphatic heterocycles. The van der Waals surface area contributed by atoms with E-state index in [1.807, 2.05) is 24.5 Å². The number of aromatic nitrogens is 1. The number of nitrogens with zero attached hydrogens (tertiary/aromatic N) is 2. The molecule has 138 valence electrons. The molecule has 0 bridgehead atoms. The largest absolute Gasteiger partial charge is 0.379 e. The molecule has 5 heteroatoms. The zero-order valence-electron chi connectivity index (χ0n) is 15.0. The molecular weight excluding hydrogens is 346 g/mol. The van der Waals surface area contributed by atoms with E-state index >= 15 is 0 Å². The second-order valence-corrected chi connectivity index (χ2v) is 7.80. The van der Waals surface area contributed by atoms with Crippen LogP contribution < -0.4 is 10.2 Å². The van der Waals surface area contributed by atoms with Crippen molar-refractivity contribution in [1.29, 1.82) is 0 Å². The molecule has 0 aliphatic carbocycles. The van der Waals surface area contributed by atoms with Crippen molar-refractivity contribution in [3.05, 3.63) is 59.4 Å². The van der Waals surface area contributed by atoms with Crippen LogP contribution in [0.15, 0.2) is 48.8 Å². The Morgan fingerprint density at radius 3 is 2.50 bits per heavy atom. The van der Waals surface area contributed by atoms with Crippen LogP contribution in [0.5, 0.6) is 0 Å². The van der Waals surface area contributed by atoms with Gasteiger partial charge in [-0.1, -0.05) is 11.6 Å². The van der Waals surface area contributed by atoms with Crippen LogP contribution in [0.2, 0.25) is 5.02 Å². The third kappa shape index (κ3) is 4.37. The Labute approximate surface area is 160 Å². The molecule has 0 unspecified atom stereocenters. The number of benzene rings is 1. The summed E-state index contributed by atoms with van der Waals surface area (Å²) in [5.74, 6) is 0.548. The third-order valence-electron chi connectivity index (χ3n) is 5.58. The fourth-order valence-corrected chi connectivity index (χ4v) is 4.19. The van der Waals surface area contributed by atoms with E-state index in [1.54, 1.807) is 0 Å². The summed E-state index contributed by atoms with van der Waals surface area (Å²) in [7, 11) is 0. The summed E-state index contributed by atoms with van der Waals surface area (Å²) in [5, 5.41) is 4.68. The first-order valence-corrected chi connectivity index (χ1v) is 9.89. The van der Waals surface area contributed by atoms with Crippen molar-refractivity contribution in [2.24, 2.45) is 5.92 Å². The molecule has 0 spiro atoms. The molecule has 1 aromatic carbocycles. The number of nitrogens with one attached hydrogen (secondary N) is 1. The minimum Gasteiger partial charge on any atom is -0.379 e. The van der Waals surface area contributed by atoms with Crippen LogP contribution in [-0.4, -0.2) is 43.4 Å². The first kappa shape index (κ1) is 17.8. The number of piperidine rings is 1. The number of hydrogen-bond donors (Lipinski definition) is 1. The molecule has 1 N–H and O–H groups in total. The zero-order valence-corrected chi connectivity index (χ0v) is 15.7. The molecular formula is C21H26ClN3O. The van der Waals surface area contributed by atoms with Gasteiger partial charge in [-0.2, -0.15) is 0 Å². The van der Waals surface area contributed by atoms with Gasteiger partial charge in [-0.3, -0.25) is 4.98 Å². The lowest BCUT2D eigenvalue weighted by Gasteiger charge is -2.36. The first-order valence-electron chi connectivity index (χ1n) is 9.51. The number of ether oxygens (including phenoxy) is 1. The van der Waals surface area contributed by atoms with E-state index in [0.29, 0.717) is 18.0 Å². The predicted octanol–water partition coefficient (Wildman–Crippen LogP) is 3.55. The number of pyridine rings is 1. The van der Waals surface area contributed by atoms with Gasteiger partial charge in [0.2, 0.25) is 0 Å². The first-order chi connectivity index (χ1) is 12.8. The van der Waals surface area contributed by atoms with Crippen LogP contribution in [0.1, 0.15) is 18.4 Å². The number of anilines is 1. The lowest BCUT2D eigenvalue weighted by Crippen LogP contribution is -2.48. The maximum atomic E-state index is 6.00. The van der Waals surface area contributed by atoms with Gasteiger partial charge in [0.25, 0.3) is 0 Å². The molecule has 4 rings (SSSR count). The molecule has 0 radical (unpaired) electrons. The lowest BCUT2D eigenvalue weighted by molar-refractivity contribution is 0.181. The molecule has 2 aliphatic rings. The van der Waals surface area contributed by atoms with Crippen LogP contribution in [-0.2, 0) is 11.2 Å². The van der Waals surface area contributed by atoms with E-state index in [1.165, 1.54) is 24.1 Å². The topological polar surface area (TPSA) is 37.4 Å². The van der Waals surface area contributed by atoms with Crippen molar-refractivity contribution >= 4 is 17.3 Å². The summed E-state index contributed by atoms with van der Waals surface area (Å²) >= 11 is 6.00. The minimum atomic E-state index is 0.454. The van der Waals surface area contributed by atoms with E-state index in [4.69, 9.17) is 16.3 Å². The Morgan fingerprint density at radius 2 is 1.77 bits per heavy atom.